The molecule has 31 heavy (non-hydrogen) atoms. The number of carbonyl (C=O) groups is 1. The first-order valence-electron chi connectivity index (χ1n) is 9.35. The monoisotopic (exact) mass is 458 g/mol. The van der Waals surface area contributed by atoms with Crippen molar-refractivity contribution >= 4 is 34.4 Å². The van der Waals surface area contributed by atoms with E-state index in [1.807, 2.05) is 5.32 Å². The van der Waals surface area contributed by atoms with Crippen molar-refractivity contribution in [3.05, 3.63) is 35.5 Å². The Morgan fingerprint density at radius 1 is 1.29 bits per heavy atom. The molecule has 3 rings (SSSR count). The number of hydrogen-bond donors (Lipinski definition) is 3. The molecule has 7 nitrogen and oxygen atoms in total. The Labute approximate surface area is 179 Å². The Kier molecular flexibility index (Phi) is 6.63. The van der Waals surface area contributed by atoms with Crippen LogP contribution in [0.5, 0.6) is 0 Å². The number of alkyl halides is 3. The number of aromatic nitrogens is 4. The minimum atomic E-state index is -4.56. The van der Waals surface area contributed by atoms with Crippen molar-refractivity contribution in [2.24, 2.45) is 5.92 Å². The SMILES string of the molecule is CC[C@@H](C)[C@H](Nc1nc(-c2c[nH]c3ncc(Cl)cc23)ncc1F)C(=O)NCC(F)(F)F. The van der Waals surface area contributed by atoms with Gasteiger partial charge in [-0.2, -0.15) is 13.2 Å². The first-order valence-corrected chi connectivity index (χ1v) is 9.73. The molecule has 2 atom stereocenters. The minimum Gasteiger partial charge on any atom is -0.356 e. The molecule has 0 aliphatic carbocycles. The van der Waals surface area contributed by atoms with Crippen molar-refractivity contribution in [2.45, 2.75) is 32.5 Å². The van der Waals surface area contributed by atoms with Gasteiger partial charge in [-0.15, -0.1) is 0 Å². The zero-order valence-electron chi connectivity index (χ0n) is 16.5. The number of hydrogen-bond acceptors (Lipinski definition) is 5. The van der Waals surface area contributed by atoms with Gasteiger partial charge in [0.05, 0.1) is 11.2 Å². The molecule has 0 unspecified atom stereocenters. The summed E-state index contributed by atoms with van der Waals surface area (Å²) in [6.07, 6.45) is -0.147. The number of halogens is 5. The van der Waals surface area contributed by atoms with Crippen LogP contribution in [0, 0.1) is 11.7 Å². The number of H-pyrrole nitrogens is 1. The van der Waals surface area contributed by atoms with Crippen molar-refractivity contribution < 1.29 is 22.4 Å². The smallest absolute Gasteiger partial charge is 0.356 e. The molecule has 0 spiro atoms. The summed E-state index contributed by atoms with van der Waals surface area (Å²) in [6.45, 7) is 1.94. The third kappa shape index (κ3) is 5.40. The van der Waals surface area contributed by atoms with Gasteiger partial charge >= 0.3 is 6.18 Å². The zero-order valence-corrected chi connectivity index (χ0v) is 17.3. The lowest BCUT2D eigenvalue weighted by molar-refractivity contribution is -0.139. The maximum absolute atomic E-state index is 14.4. The fourth-order valence-electron chi connectivity index (χ4n) is 2.91. The van der Waals surface area contributed by atoms with Crippen LogP contribution in [0.4, 0.5) is 23.4 Å². The second-order valence-electron chi connectivity index (χ2n) is 6.98. The molecule has 3 heterocycles. The van der Waals surface area contributed by atoms with Crippen LogP contribution in [0.25, 0.3) is 22.4 Å². The summed E-state index contributed by atoms with van der Waals surface area (Å²) in [6, 6.07) is 0.505. The Hall–Kier alpha value is -2.95. The van der Waals surface area contributed by atoms with E-state index in [4.69, 9.17) is 11.6 Å². The number of rotatable bonds is 7. The van der Waals surface area contributed by atoms with Gasteiger partial charge in [0, 0.05) is 23.3 Å². The van der Waals surface area contributed by atoms with Crippen molar-refractivity contribution in [3.63, 3.8) is 0 Å². The standard InChI is InChI=1S/C19H19ClF4N6O/c1-3-9(2)14(18(31)28-8-19(22,23)24)29-17-13(21)7-27-16(30-17)12-6-26-15-11(12)4-10(20)5-25-15/h4-7,9,14H,3,8H2,1-2H3,(H,25,26)(H,28,31)(H,27,29,30)/t9-,14+/m1/s1. The maximum atomic E-state index is 14.4. The van der Waals surface area contributed by atoms with Gasteiger partial charge in [0.25, 0.3) is 0 Å². The number of amides is 1. The molecule has 3 aromatic rings. The summed E-state index contributed by atoms with van der Waals surface area (Å²) in [5.74, 6) is -2.34. The van der Waals surface area contributed by atoms with Crippen molar-refractivity contribution in [2.75, 3.05) is 11.9 Å². The van der Waals surface area contributed by atoms with E-state index >= 15 is 0 Å². The second-order valence-corrected chi connectivity index (χ2v) is 7.42. The highest BCUT2D eigenvalue weighted by Gasteiger charge is 2.31. The van der Waals surface area contributed by atoms with E-state index in [0.717, 1.165) is 6.20 Å². The van der Waals surface area contributed by atoms with Gasteiger partial charge in [0.2, 0.25) is 5.91 Å². The topological polar surface area (TPSA) is 95.6 Å². The van der Waals surface area contributed by atoms with Crippen molar-refractivity contribution in [1.29, 1.82) is 0 Å². The minimum absolute atomic E-state index is 0.123. The molecule has 0 aliphatic rings. The number of fused-ring (bicyclic) bond motifs is 1. The summed E-state index contributed by atoms with van der Waals surface area (Å²) in [5.41, 5.74) is 1.01. The average Bonchev–Trinajstić information content (AvgIpc) is 3.13. The van der Waals surface area contributed by atoms with Crippen LogP contribution in [-0.2, 0) is 4.79 Å². The van der Waals surface area contributed by atoms with E-state index in [1.54, 1.807) is 26.1 Å². The normalized spacial score (nSPS) is 13.8. The van der Waals surface area contributed by atoms with E-state index in [0.29, 0.717) is 28.0 Å². The van der Waals surface area contributed by atoms with Crippen molar-refractivity contribution in [3.8, 4) is 11.4 Å². The third-order valence-electron chi connectivity index (χ3n) is 4.73. The largest absolute Gasteiger partial charge is 0.405 e. The van der Waals surface area contributed by atoms with Gasteiger partial charge in [0.15, 0.2) is 17.5 Å². The molecule has 0 fully saturated rings. The summed E-state index contributed by atoms with van der Waals surface area (Å²) in [7, 11) is 0. The Morgan fingerprint density at radius 2 is 2.03 bits per heavy atom. The maximum Gasteiger partial charge on any atom is 0.405 e. The molecule has 12 heteroatoms. The highest BCUT2D eigenvalue weighted by molar-refractivity contribution is 6.31. The molecule has 0 aromatic carbocycles. The van der Waals surface area contributed by atoms with Crippen LogP contribution in [0.2, 0.25) is 5.02 Å². The lowest BCUT2D eigenvalue weighted by Crippen LogP contribution is -2.46. The summed E-state index contributed by atoms with van der Waals surface area (Å²) >= 11 is 5.99. The fraction of sp³-hybridized carbons (Fsp3) is 0.368. The molecule has 1 amide bonds. The summed E-state index contributed by atoms with van der Waals surface area (Å²) in [4.78, 5) is 27.6. The van der Waals surface area contributed by atoms with E-state index in [2.05, 4.69) is 25.3 Å². The first kappa shape index (κ1) is 22.7. The number of aromatic amines is 1. The molecular formula is C19H19ClF4N6O. The molecule has 0 radical (unpaired) electrons. The summed E-state index contributed by atoms with van der Waals surface area (Å²) in [5, 5.41) is 5.45. The number of pyridine rings is 1. The van der Waals surface area contributed by atoms with Gasteiger partial charge in [-0.3, -0.25) is 4.79 Å². The van der Waals surface area contributed by atoms with Crippen LogP contribution in [0.1, 0.15) is 20.3 Å². The van der Waals surface area contributed by atoms with E-state index in [-0.39, 0.29) is 11.6 Å². The molecule has 0 saturated carbocycles. The van der Waals surface area contributed by atoms with Gasteiger partial charge in [-0.25, -0.2) is 19.3 Å². The van der Waals surface area contributed by atoms with E-state index < -0.39 is 36.4 Å². The molecular weight excluding hydrogens is 440 g/mol. The lowest BCUT2D eigenvalue weighted by Gasteiger charge is -2.24. The molecule has 166 valence electrons. The Morgan fingerprint density at radius 3 is 2.71 bits per heavy atom. The number of anilines is 1. The Bertz CT molecular complexity index is 1090. The second kappa shape index (κ2) is 9.04. The van der Waals surface area contributed by atoms with Crippen LogP contribution >= 0.6 is 11.6 Å². The predicted octanol–water partition coefficient (Wildman–Crippen LogP) is 4.32. The third-order valence-corrected chi connectivity index (χ3v) is 4.94. The van der Waals surface area contributed by atoms with Gasteiger partial charge < -0.3 is 15.6 Å². The first-order chi connectivity index (χ1) is 14.6. The van der Waals surface area contributed by atoms with Gasteiger partial charge in [0.1, 0.15) is 18.2 Å². The molecule has 0 saturated heterocycles. The number of nitrogens with one attached hydrogen (secondary N) is 3. The van der Waals surface area contributed by atoms with Crippen LogP contribution in [0.3, 0.4) is 0 Å². The van der Waals surface area contributed by atoms with E-state index in [1.165, 1.54) is 6.20 Å². The number of carbonyl (C=O) groups excluding carboxylic acids is 1. The molecule has 0 bridgehead atoms. The molecule has 3 N–H and O–H groups in total. The highest BCUT2D eigenvalue weighted by Crippen LogP contribution is 2.28. The highest BCUT2D eigenvalue weighted by atomic mass is 35.5. The van der Waals surface area contributed by atoms with Crippen LogP contribution < -0.4 is 10.6 Å². The van der Waals surface area contributed by atoms with Gasteiger partial charge in [-0.1, -0.05) is 31.9 Å². The van der Waals surface area contributed by atoms with Crippen LogP contribution in [0.15, 0.2) is 24.7 Å². The fourth-order valence-corrected chi connectivity index (χ4v) is 3.07. The average molecular weight is 459 g/mol. The molecule has 0 aliphatic heterocycles. The summed E-state index contributed by atoms with van der Waals surface area (Å²) < 4.78 is 51.9. The molecule has 3 aromatic heterocycles. The lowest BCUT2D eigenvalue weighted by atomic mass is 9.98. The predicted molar refractivity (Wildman–Crippen MR) is 108 cm³/mol. The van der Waals surface area contributed by atoms with E-state index in [9.17, 15) is 22.4 Å². The quantitative estimate of drug-likeness (QED) is 0.458. The van der Waals surface area contributed by atoms with Gasteiger partial charge in [-0.05, 0) is 12.0 Å². The zero-order chi connectivity index (χ0) is 22.8. The number of nitrogens with zero attached hydrogens (tertiary/aromatic N) is 3. The van der Waals surface area contributed by atoms with Crippen molar-refractivity contribution in [1.82, 2.24) is 25.3 Å². The van der Waals surface area contributed by atoms with Crippen LogP contribution in [-0.4, -0.2) is 44.6 Å². The Balaban J connectivity index is 1.92.